The van der Waals surface area contributed by atoms with Gasteiger partial charge in [-0.3, -0.25) is 13.8 Å². The lowest BCUT2D eigenvalue weighted by Crippen LogP contribution is -2.23. The molecule has 0 unspecified atom stereocenters. The molecule has 5 aromatic rings. The van der Waals surface area contributed by atoms with Crippen molar-refractivity contribution in [3.8, 4) is 11.4 Å². The highest BCUT2D eigenvalue weighted by Crippen LogP contribution is 2.25. The van der Waals surface area contributed by atoms with Gasteiger partial charge in [-0.2, -0.15) is 4.98 Å². The molecule has 8 nitrogen and oxygen atoms in total. The maximum absolute atomic E-state index is 13.0. The van der Waals surface area contributed by atoms with E-state index < -0.39 is 0 Å². The lowest BCUT2D eigenvalue weighted by atomic mass is 10.2. The van der Waals surface area contributed by atoms with E-state index in [1.54, 1.807) is 4.57 Å². The zero-order valence-corrected chi connectivity index (χ0v) is 17.7. The van der Waals surface area contributed by atoms with E-state index in [1.165, 1.54) is 11.8 Å². The molecule has 2 aromatic carbocycles. The highest BCUT2D eigenvalue weighted by molar-refractivity contribution is 7.98. The molecule has 3 heterocycles. The molecule has 0 bridgehead atoms. The van der Waals surface area contributed by atoms with Gasteiger partial charge in [-0.05, 0) is 18.6 Å². The number of rotatable bonds is 7. The molecule has 9 heteroatoms. The van der Waals surface area contributed by atoms with Crippen molar-refractivity contribution in [1.82, 2.24) is 29.3 Å². The van der Waals surface area contributed by atoms with Crippen LogP contribution in [0.15, 0.2) is 69.1 Å². The number of thioether (sulfide) groups is 1. The quantitative estimate of drug-likeness (QED) is 0.356. The third kappa shape index (κ3) is 3.61. The van der Waals surface area contributed by atoms with Gasteiger partial charge in [-0.1, -0.05) is 72.7 Å². The van der Waals surface area contributed by atoms with Gasteiger partial charge in [0, 0.05) is 12.1 Å². The molecule has 156 valence electrons. The lowest BCUT2D eigenvalue weighted by Gasteiger charge is -2.10. The first-order valence-electron chi connectivity index (χ1n) is 10.1. The Kier molecular flexibility index (Phi) is 5.25. The molecule has 3 aromatic heterocycles. The Morgan fingerprint density at radius 1 is 1.03 bits per heavy atom. The second-order valence-corrected chi connectivity index (χ2v) is 8.05. The highest BCUT2D eigenvalue weighted by atomic mass is 32.2. The summed E-state index contributed by atoms with van der Waals surface area (Å²) in [5.41, 5.74) is 1.66. The molecule has 0 spiro atoms. The van der Waals surface area contributed by atoms with E-state index in [2.05, 4.69) is 27.3 Å². The number of hydrogen-bond acceptors (Lipinski definition) is 7. The van der Waals surface area contributed by atoms with E-state index in [0.717, 1.165) is 23.9 Å². The summed E-state index contributed by atoms with van der Waals surface area (Å²) in [7, 11) is 0. The molecule has 0 aliphatic heterocycles. The van der Waals surface area contributed by atoms with Crippen molar-refractivity contribution >= 4 is 28.4 Å². The van der Waals surface area contributed by atoms with Crippen LogP contribution in [-0.4, -0.2) is 29.3 Å². The molecule has 0 aliphatic carbocycles. The molecule has 0 N–H and O–H groups in total. The normalized spacial score (nSPS) is 11.5. The molecule has 0 radical (unpaired) electrons. The van der Waals surface area contributed by atoms with Crippen LogP contribution in [-0.2, 0) is 12.3 Å². The molecule has 0 saturated carbocycles. The summed E-state index contributed by atoms with van der Waals surface area (Å²) in [5, 5.41) is 14.1. The maximum Gasteiger partial charge on any atom is 0.262 e. The minimum Gasteiger partial charge on any atom is -0.338 e. The maximum atomic E-state index is 13.0. The summed E-state index contributed by atoms with van der Waals surface area (Å²) in [6.45, 7) is 2.71. The molecule has 5 rings (SSSR count). The van der Waals surface area contributed by atoms with Gasteiger partial charge in [0.1, 0.15) is 0 Å². The van der Waals surface area contributed by atoms with Crippen LogP contribution in [0.4, 0.5) is 0 Å². The van der Waals surface area contributed by atoms with E-state index in [4.69, 9.17) is 4.52 Å². The van der Waals surface area contributed by atoms with Crippen molar-refractivity contribution in [2.75, 3.05) is 0 Å². The van der Waals surface area contributed by atoms with Crippen LogP contribution in [0.1, 0.15) is 25.7 Å². The molecule has 0 saturated heterocycles. The van der Waals surface area contributed by atoms with Gasteiger partial charge < -0.3 is 4.52 Å². The van der Waals surface area contributed by atoms with Crippen LogP contribution in [0.25, 0.3) is 28.1 Å². The van der Waals surface area contributed by atoms with Crippen LogP contribution in [0.5, 0.6) is 0 Å². The molecule has 0 atom stereocenters. The Labute approximate surface area is 181 Å². The van der Waals surface area contributed by atoms with Gasteiger partial charge in [0.25, 0.3) is 5.56 Å². The van der Waals surface area contributed by atoms with Crippen LogP contribution < -0.4 is 5.56 Å². The number of fused-ring (bicyclic) bond motifs is 3. The Hall–Kier alpha value is -3.46. The summed E-state index contributed by atoms with van der Waals surface area (Å²) in [6, 6.07) is 17.2. The van der Waals surface area contributed by atoms with Crippen molar-refractivity contribution in [1.29, 1.82) is 0 Å². The Bertz CT molecular complexity index is 1410. The van der Waals surface area contributed by atoms with Crippen molar-refractivity contribution in [3.05, 3.63) is 70.8 Å². The first-order valence-corrected chi connectivity index (χ1v) is 11.1. The number of para-hydroxylation sites is 1. The number of nitrogens with zero attached hydrogens (tertiary/aromatic N) is 6. The number of hydrogen-bond donors (Lipinski definition) is 0. The largest absolute Gasteiger partial charge is 0.338 e. The summed E-state index contributed by atoms with van der Waals surface area (Å²) in [6.07, 6.45) is 1.88. The SMILES string of the molecule is CCCCn1c(=O)c2ccccc2n2c(SCc3nc(-c4ccccc4)no3)nnc12. The molecule has 0 aliphatic rings. The van der Waals surface area contributed by atoms with Gasteiger partial charge in [0.15, 0.2) is 5.16 Å². The van der Waals surface area contributed by atoms with Crippen LogP contribution in [0, 0.1) is 0 Å². The van der Waals surface area contributed by atoms with E-state index in [0.29, 0.717) is 40.3 Å². The summed E-state index contributed by atoms with van der Waals surface area (Å²) >= 11 is 1.45. The monoisotopic (exact) mass is 432 g/mol. The first kappa shape index (κ1) is 19.5. The molecular weight excluding hydrogens is 412 g/mol. The lowest BCUT2D eigenvalue weighted by molar-refractivity contribution is 0.391. The van der Waals surface area contributed by atoms with E-state index in [9.17, 15) is 4.79 Å². The van der Waals surface area contributed by atoms with E-state index in [1.807, 2.05) is 59.0 Å². The van der Waals surface area contributed by atoms with Crippen LogP contribution in [0.3, 0.4) is 0 Å². The Morgan fingerprint density at radius 2 is 1.84 bits per heavy atom. The van der Waals surface area contributed by atoms with Crippen molar-refractivity contribution in [2.24, 2.45) is 0 Å². The zero-order chi connectivity index (χ0) is 21.2. The topological polar surface area (TPSA) is 91.1 Å². The number of aromatic nitrogens is 6. The molecule has 0 amide bonds. The Morgan fingerprint density at radius 3 is 2.68 bits per heavy atom. The number of benzene rings is 2. The van der Waals surface area contributed by atoms with Crippen LogP contribution in [0.2, 0.25) is 0 Å². The van der Waals surface area contributed by atoms with Gasteiger partial charge in [0.2, 0.25) is 17.5 Å². The third-order valence-corrected chi connectivity index (χ3v) is 5.95. The molecular formula is C22H20N6O2S. The fourth-order valence-electron chi connectivity index (χ4n) is 3.49. The fraction of sp³-hybridized carbons (Fsp3) is 0.227. The molecule has 0 fully saturated rings. The highest BCUT2D eigenvalue weighted by Gasteiger charge is 2.17. The van der Waals surface area contributed by atoms with E-state index >= 15 is 0 Å². The van der Waals surface area contributed by atoms with Crippen LogP contribution >= 0.6 is 11.8 Å². The van der Waals surface area contributed by atoms with Gasteiger partial charge in [-0.25, -0.2) is 0 Å². The van der Waals surface area contributed by atoms with E-state index in [-0.39, 0.29) is 5.56 Å². The number of unbranched alkanes of at least 4 members (excludes halogenated alkanes) is 1. The van der Waals surface area contributed by atoms with Crippen molar-refractivity contribution < 1.29 is 4.52 Å². The summed E-state index contributed by atoms with van der Waals surface area (Å²) in [4.78, 5) is 17.5. The second kappa shape index (κ2) is 8.35. The minimum atomic E-state index is -0.0371. The molecule has 31 heavy (non-hydrogen) atoms. The Balaban J connectivity index is 1.50. The van der Waals surface area contributed by atoms with Gasteiger partial charge >= 0.3 is 0 Å². The second-order valence-electron chi connectivity index (χ2n) is 7.11. The summed E-state index contributed by atoms with van der Waals surface area (Å²) in [5.74, 6) is 2.06. The van der Waals surface area contributed by atoms with Crippen molar-refractivity contribution in [3.63, 3.8) is 0 Å². The predicted molar refractivity (Wildman–Crippen MR) is 119 cm³/mol. The first-order chi connectivity index (χ1) is 15.3. The zero-order valence-electron chi connectivity index (χ0n) is 16.9. The standard InChI is InChI=1S/C22H20N6O2S/c1-2-3-13-27-20(29)16-11-7-8-12-17(16)28-21(27)24-25-22(28)31-14-18-23-19(26-30-18)15-9-5-4-6-10-15/h4-12H,2-3,13-14H2,1H3. The fourth-order valence-corrected chi connectivity index (χ4v) is 4.27. The average molecular weight is 433 g/mol. The number of aryl methyl sites for hydroxylation is 1. The van der Waals surface area contributed by atoms with Crippen molar-refractivity contribution in [2.45, 2.75) is 37.2 Å². The average Bonchev–Trinajstić information content (AvgIpc) is 3.46. The summed E-state index contributed by atoms with van der Waals surface area (Å²) < 4.78 is 9.07. The third-order valence-electron chi connectivity index (χ3n) is 5.04. The minimum absolute atomic E-state index is 0.0371. The smallest absolute Gasteiger partial charge is 0.262 e. The van der Waals surface area contributed by atoms with Gasteiger partial charge in [0.05, 0.1) is 16.7 Å². The van der Waals surface area contributed by atoms with Gasteiger partial charge in [-0.15, -0.1) is 10.2 Å². The predicted octanol–water partition coefficient (Wildman–Crippen LogP) is 4.19.